The minimum absolute atomic E-state index is 0.0858. The number of fused-ring (bicyclic) bond motifs is 3. The van der Waals surface area contributed by atoms with E-state index in [9.17, 15) is 9.59 Å². The van der Waals surface area contributed by atoms with Crippen LogP contribution in [0.5, 0.6) is 0 Å². The van der Waals surface area contributed by atoms with Crippen molar-refractivity contribution in [2.45, 2.75) is 31.1 Å². The van der Waals surface area contributed by atoms with Crippen molar-refractivity contribution < 1.29 is 9.59 Å². The quantitative estimate of drug-likeness (QED) is 0.756. The summed E-state index contributed by atoms with van der Waals surface area (Å²) in [4.78, 5) is 27.0. The van der Waals surface area contributed by atoms with Gasteiger partial charge in [0.05, 0.1) is 17.5 Å². The SMILES string of the molecule is CN1C2CC(c3ccccc3)=NN(C(N)=O)C2C2CC(c3ccccc3)=NN(C(N)=O)C21. The third-order valence-electron chi connectivity index (χ3n) is 6.64. The van der Waals surface area contributed by atoms with Crippen LogP contribution in [0.15, 0.2) is 70.9 Å². The van der Waals surface area contributed by atoms with Gasteiger partial charge in [0, 0.05) is 24.8 Å². The molecule has 0 saturated carbocycles. The van der Waals surface area contributed by atoms with E-state index in [2.05, 4.69) is 15.1 Å². The summed E-state index contributed by atoms with van der Waals surface area (Å²) >= 11 is 0. The van der Waals surface area contributed by atoms with Crippen LogP contribution >= 0.6 is 0 Å². The van der Waals surface area contributed by atoms with E-state index in [1.165, 1.54) is 10.0 Å². The van der Waals surface area contributed by atoms with Crippen LogP contribution in [0.2, 0.25) is 0 Å². The molecule has 9 heteroatoms. The van der Waals surface area contributed by atoms with Crippen molar-refractivity contribution in [1.82, 2.24) is 14.9 Å². The Bertz CT molecular complexity index is 1100. The van der Waals surface area contributed by atoms with Gasteiger partial charge in [0.15, 0.2) is 0 Å². The molecule has 9 nitrogen and oxygen atoms in total. The molecule has 3 heterocycles. The summed E-state index contributed by atoms with van der Waals surface area (Å²) < 4.78 is 0. The molecule has 1 saturated heterocycles. The fourth-order valence-electron chi connectivity index (χ4n) is 5.27. The highest BCUT2D eigenvalue weighted by molar-refractivity contribution is 6.03. The Hall–Kier alpha value is -3.72. The normalized spacial score (nSPS) is 27.3. The van der Waals surface area contributed by atoms with E-state index < -0.39 is 12.1 Å². The highest BCUT2D eigenvalue weighted by Gasteiger charge is 2.57. The first-order valence-corrected chi connectivity index (χ1v) is 10.6. The lowest BCUT2D eigenvalue weighted by atomic mass is 9.85. The molecule has 0 radical (unpaired) electrons. The van der Waals surface area contributed by atoms with Gasteiger partial charge in [-0.3, -0.25) is 4.90 Å². The fourth-order valence-corrected chi connectivity index (χ4v) is 5.27. The van der Waals surface area contributed by atoms with Crippen LogP contribution in [-0.2, 0) is 0 Å². The maximum absolute atomic E-state index is 12.5. The van der Waals surface area contributed by atoms with Crippen molar-refractivity contribution in [3.05, 3.63) is 71.8 Å². The molecule has 2 aromatic carbocycles. The molecule has 4 N–H and O–H groups in total. The van der Waals surface area contributed by atoms with Crippen LogP contribution in [0, 0.1) is 5.92 Å². The molecule has 4 atom stereocenters. The smallest absolute Gasteiger partial charge is 0.336 e. The number of carbonyl (C=O) groups is 2. The zero-order chi connectivity index (χ0) is 22.4. The molecule has 32 heavy (non-hydrogen) atoms. The number of primary amides is 2. The number of urea groups is 2. The Morgan fingerprint density at radius 2 is 1.31 bits per heavy atom. The first-order chi connectivity index (χ1) is 15.5. The molecule has 164 valence electrons. The molecule has 2 aromatic rings. The number of hydrogen-bond acceptors (Lipinski definition) is 5. The zero-order valence-corrected chi connectivity index (χ0v) is 17.7. The summed E-state index contributed by atoms with van der Waals surface area (Å²) in [6, 6.07) is 17.8. The van der Waals surface area contributed by atoms with Crippen LogP contribution in [0.4, 0.5) is 9.59 Å². The number of hydrogen-bond donors (Lipinski definition) is 2. The Labute approximate surface area is 185 Å². The van der Waals surface area contributed by atoms with E-state index in [0.29, 0.717) is 12.8 Å². The van der Waals surface area contributed by atoms with Crippen molar-refractivity contribution in [3.8, 4) is 0 Å². The van der Waals surface area contributed by atoms with Crippen molar-refractivity contribution >= 4 is 23.5 Å². The monoisotopic (exact) mass is 431 g/mol. The Morgan fingerprint density at radius 1 is 0.812 bits per heavy atom. The third-order valence-corrected chi connectivity index (χ3v) is 6.64. The topological polar surface area (TPSA) is 121 Å². The number of nitrogens with two attached hydrogens (primary N) is 2. The summed E-state index contributed by atoms with van der Waals surface area (Å²) in [5.41, 5.74) is 14.9. The zero-order valence-electron chi connectivity index (χ0n) is 17.7. The summed E-state index contributed by atoms with van der Waals surface area (Å²) in [5, 5.41) is 12.0. The van der Waals surface area contributed by atoms with Crippen LogP contribution in [0.1, 0.15) is 24.0 Å². The molecule has 3 aliphatic rings. The lowest BCUT2D eigenvalue weighted by Gasteiger charge is -2.38. The van der Waals surface area contributed by atoms with Gasteiger partial charge < -0.3 is 11.5 Å². The number of likely N-dealkylation sites (tertiary alicyclic amines) is 1. The van der Waals surface area contributed by atoms with Crippen molar-refractivity contribution in [2.24, 2.45) is 27.6 Å². The molecule has 0 spiro atoms. The third kappa shape index (κ3) is 3.21. The average Bonchev–Trinajstić information content (AvgIpc) is 3.11. The second-order valence-corrected chi connectivity index (χ2v) is 8.40. The molecular formula is C23H25N7O2. The number of benzene rings is 2. The standard InChI is InChI=1S/C23H25N7O2/c1-28-19-13-18(15-10-6-3-7-11-15)26-29(22(24)31)20(19)16-12-17(14-8-4-2-5-9-14)27-30(21(16)28)23(25)32/h2-11,16,19-21H,12-13H2,1H3,(H2,24,31)(H2,25,32). The Kier molecular flexibility index (Phi) is 4.90. The molecule has 5 rings (SSSR count). The van der Waals surface area contributed by atoms with Gasteiger partial charge in [-0.2, -0.15) is 15.2 Å². The lowest BCUT2D eigenvalue weighted by Crippen LogP contribution is -2.54. The molecule has 4 unspecified atom stereocenters. The maximum Gasteiger partial charge on any atom is 0.336 e. The molecular weight excluding hydrogens is 406 g/mol. The van der Waals surface area contributed by atoms with Crippen LogP contribution in [0.3, 0.4) is 0 Å². The molecule has 1 fully saturated rings. The van der Waals surface area contributed by atoms with E-state index in [4.69, 9.17) is 11.5 Å². The minimum Gasteiger partial charge on any atom is -0.350 e. The first kappa shape index (κ1) is 20.2. The second kappa shape index (κ2) is 7.76. The number of nitrogens with zero attached hydrogens (tertiary/aromatic N) is 5. The predicted molar refractivity (Wildman–Crippen MR) is 121 cm³/mol. The largest absolute Gasteiger partial charge is 0.350 e. The molecule has 4 amide bonds. The van der Waals surface area contributed by atoms with Gasteiger partial charge in [-0.15, -0.1) is 0 Å². The summed E-state index contributed by atoms with van der Waals surface area (Å²) in [7, 11) is 1.94. The highest BCUT2D eigenvalue weighted by Crippen LogP contribution is 2.43. The van der Waals surface area contributed by atoms with E-state index in [0.717, 1.165) is 22.6 Å². The summed E-state index contributed by atoms with van der Waals surface area (Å²) in [6.45, 7) is 0. The van der Waals surface area contributed by atoms with Crippen molar-refractivity contribution in [1.29, 1.82) is 0 Å². The van der Waals surface area contributed by atoms with Crippen LogP contribution in [-0.4, -0.2) is 63.7 Å². The Morgan fingerprint density at radius 3 is 1.84 bits per heavy atom. The fraction of sp³-hybridized carbons (Fsp3) is 0.304. The van der Waals surface area contributed by atoms with E-state index >= 15 is 0 Å². The number of carbonyl (C=O) groups excluding carboxylic acids is 2. The summed E-state index contributed by atoms with van der Waals surface area (Å²) in [5.74, 6) is -0.140. The van der Waals surface area contributed by atoms with E-state index in [-0.39, 0.29) is 24.2 Å². The molecule has 0 aliphatic carbocycles. The predicted octanol–water partition coefficient (Wildman–Crippen LogP) is 1.99. The minimum atomic E-state index is -0.631. The van der Waals surface area contributed by atoms with Crippen LogP contribution in [0.25, 0.3) is 0 Å². The van der Waals surface area contributed by atoms with Gasteiger partial charge in [-0.05, 0) is 18.2 Å². The van der Waals surface area contributed by atoms with Gasteiger partial charge in [0.2, 0.25) is 0 Å². The van der Waals surface area contributed by atoms with Crippen molar-refractivity contribution in [2.75, 3.05) is 7.05 Å². The first-order valence-electron chi connectivity index (χ1n) is 10.6. The number of rotatable bonds is 2. The van der Waals surface area contributed by atoms with Gasteiger partial charge in [0.1, 0.15) is 6.17 Å². The molecule has 0 aromatic heterocycles. The maximum atomic E-state index is 12.5. The van der Waals surface area contributed by atoms with Crippen LogP contribution < -0.4 is 11.5 Å². The summed E-state index contributed by atoms with van der Waals surface area (Å²) in [6.07, 6.45) is 0.807. The lowest BCUT2D eigenvalue weighted by molar-refractivity contribution is 0.0746. The van der Waals surface area contributed by atoms with E-state index in [1.54, 1.807) is 0 Å². The molecule has 0 bridgehead atoms. The van der Waals surface area contributed by atoms with Crippen molar-refractivity contribution in [3.63, 3.8) is 0 Å². The highest BCUT2D eigenvalue weighted by atomic mass is 16.2. The average molecular weight is 432 g/mol. The molecule has 3 aliphatic heterocycles. The van der Waals surface area contributed by atoms with Gasteiger partial charge in [-0.25, -0.2) is 14.6 Å². The van der Waals surface area contributed by atoms with Gasteiger partial charge in [-0.1, -0.05) is 60.7 Å². The number of likely N-dealkylation sites (N-methyl/N-ethyl adjacent to an activating group) is 1. The Balaban J connectivity index is 1.57. The van der Waals surface area contributed by atoms with E-state index in [1.807, 2.05) is 67.7 Å². The van der Waals surface area contributed by atoms with Gasteiger partial charge in [0.25, 0.3) is 0 Å². The van der Waals surface area contributed by atoms with Gasteiger partial charge >= 0.3 is 12.1 Å². The number of hydrazone groups is 2. The number of amides is 4. The second-order valence-electron chi connectivity index (χ2n) is 8.40.